The highest BCUT2D eigenvalue weighted by atomic mass is 35.5. The molecule has 0 spiro atoms. The van der Waals surface area contributed by atoms with E-state index in [-0.39, 0.29) is 33.1 Å². The Morgan fingerprint density at radius 1 is 1.00 bits per heavy atom. The molecule has 0 saturated carbocycles. The predicted octanol–water partition coefficient (Wildman–Crippen LogP) is 5.92. The summed E-state index contributed by atoms with van der Waals surface area (Å²) >= 11 is 6.11. The highest BCUT2D eigenvalue weighted by Crippen LogP contribution is 2.35. The number of benzene rings is 3. The second-order valence-electron chi connectivity index (χ2n) is 8.04. The number of carbonyl (C=O) groups is 2. The fourth-order valence-corrected chi connectivity index (χ4v) is 3.09. The molecule has 160 valence electrons. The van der Waals surface area contributed by atoms with Crippen molar-refractivity contribution in [1.29, 1.82) is 0 Å². The smallest absolute Gasteiger partial charge is 0.259 e. The van der Waals surface area contributed by atoms with Crippen molar-refractivity contribution >= 4 is 29.1 Å². The Morgan fingerprint density at radius 3 is 2.39 bits per heavy atom. The number of halogens is 2. The molecule has 0 saturated heterocycles. The van der Waals surface area contributed by atoms with Crippen LogP contribution in [0.4, 0.5) is 10.1 Å². The number of amides is 2. The van der Waals surface area contributed by atoms with Crippen LogP contribution in [0.1, 0.15) is 47.1 Å². The molecular formula is C24H22ClFN2O3. The summed E-state index contributed by atoms with van der Waals surface area (Å²) in [6, 6.07) is 15.3. The Labute approximate surface area is 185 Å². The first-order valence-corrected chi connectivity index (χ1v) is 9.91. The van der Waals surface area contributed by atoms with Crippen molar-refractivity contribution in [2.45, 2.75) is 26.2 Å². The summed E-state index contributed by atoms with van der Waals surface area (Å²) in [4.78, 5) is 24.4. The average Bonchev–Trinajstić information content (AvgIpc) is 2.69. The molecule has 0 aromatic heterocycles. The molecule has 0 unspecified atom stereocenters. The van der Waals surface area contributed by atoms with Gasteiger partial charge in [0.15, 0.2) is 0 Å². The van der Waals surface area contributed by atoms with Gasteiger partial charge in [0.2, 0.25) is 5.91 Å². The van der Waals surface area contributed by atoms with Crippen molar-refractivity contribution < 1.29 is 18.7 Å². The molecule has 2 amide bonds. The summed E-state index contributed by atoms with van der Waals surface area (Å²) in [7, 11) is 0. The zero-order chi connectivity index (χ0) is 22.8. The maximum atomic E-state index is 13.4. The van der Waals surface area contributed by atoms with E-state index in [0.717, 1.165) is 11.6 Å². The van der Waals surface area contributed by atoms with Crippen molar-refractivity contribution in [2.24, 2.45) is 5.73 Å². The molecule has 0 heterocycles. The van der Waals surface area contributed by atoms with E-state index in [9.17, 15) is 14.0 Å². The number of carbonyl (C=O) groups excluding carboxylic acids is 2. The van der Waals surface area contributed by atoms with Crippen LogP contribution in [0.25, 0.3) is 0 Å². The minimum atomic E-state index is -0.597. The maximum absolute atomic E-state index is 13.4. The van der Waals surface area contributed by atoms with Crippen molar-refractivity contribution in [1.82, 2.24) is 0 Å². The van der Waals surface area contributed by atoms with Crippen LogP contribution < -0.4 is 15.8 Å². The number of ether oxygens (including phenoxy) is 1. The zero-order valence-electron chi connectivity index (χ0n) is 17.3. The Bertz CT molecular complexity index is 1160. The zero-order valence-corrected chi connectivity index (χ0v) is 18.1. The van der Waals surface area contributed by atoms with Gasteiger partial charge >= 0.3 is 0 Å². The van der Waals surface area contributed by atoms with Crippen LogP contribution in [0.5, 0.6) is 11.5 Å². The Hall–Kier alpha value is -3.38. The van der Waals surface area contributed by atoms with E-state index in [2.05, 4.69) is 5.32 Å². The number of nitrogens with one attached hydrogen (secondary N) is 1. The van der Waals surface area contributed by atoms with Gasteiger partial charge in [-0.25, -0.2) is 4.39 Å². The van der Waals surface area contributed by atoms with Gasteiger partial charge in [-0.1, -0.05) is 44.5 Å². The van der Waals surface area contributed by atoms with Gasteiger partial charge < -0.3 is 15.8 Å². The van der Waals surface area contributed by atoms with Gasteiger partial charge in [-0.3, -0.25) is 9.59 Å². The number of hydrogen-bond acceptors (Lipinski definition) is 3. The van der Waals surface area contributed by atoms with E-state index in [1.165, 1.54) is 18.2 Å². The lowest BCUT2D eigenvalue weighted by Crippen LogP contribution is -2.16. The first kappa shape index (κ1) is 22.3. The van der Waals surface area contributed by atoms with E-state index in [1.54, 1.807) is 30.3 Å². The second kappa shape index (κ2) is 8.78. The summed E-state index contributed by atoms with van der Waals surface area (Å²) in [5, 5.41) is 2.83. The lowest BCUT2D eigenvalue weighted by Gasteiger charge is -2.21. The normalized spacial score (nSPS) is 11.1. The third-order valence-electron chi connectivity index (χ3n) is 4.61. The van der Waals surface area contributed by atoms with Gasteiger partial charge in [-0.2, -0.15) is 0 Å². The summed E-state index contributed by atoms with van der Waals surface area (Å²) in [5.41, 5.74) is 6.98. The van der Waals surface area contributed by atoms with Gasteiger partial charge in [0, 0.05) is 11.3 Å². The van der Waals surface area contributed by atoms with E-state index >= 15 is 0 Å². The van der Waals surface area contributed by atoms with Crippen LogP contribution in [0.2, 0.25) is 5.02 Å². The van der Waals surface area contributed by atoms with Crippen molar-refractivity contribution in [2.75, 3.05) is 5.32 Å². The first-order valence-electron chi connectivity index (χ1n) is 9.53. The molecule has 0 fully saturated rings. The van der Waals surface area contributed by atoms with Crippen LogP contribution >= 0.6 is 11.6 Å². The standard InChI is InChI=1S/C24H22ClFN2O3/c1-24(2,3)15-7-9-18(21(12-15)31-20-10-8-16(26)13-19(20)25)23(30)28-17-6-4-5-14(11-17)22(27)29/h4-13H,1-3H3,(H2,27,29)(H,28,30). The maximum Gasteiger partial charge on any atom is 0.259 e. The number of nitrogens with two attached hydrogens (primary N) is 1. The minimum absolute atomic E-state index is 0.0849. The topological polar surface area (TPSA) is 81.4 Å². The van der Waals surface area contributed by atoms with Crippen molar-refractivity contribution in [3.8, 4) is 11.5 Å². The van der Waals surface area contributed by atoms with Crippen LogP contribution in [-0.4, -0.2) is 11.8 Å². The van der Waals surface area contributed by atoms with Gasteiger partial charge in [0.05, 0.1) is 10.6 Å². The molecule has 0 atom stereocenters. The van der Waals surface area contributed by atoms with Crippen molar-refractivity contribution in [3.05, 3.63) is 88.2 Å². The third kappa shape index (κ3) is 5.41. The number of rotatable bonds is 5. The van der Waals surface area contributed by atoms with E-state index in [4.69, 9.17) is 22.1 Å². The molecule has 3 aromatic carbocycles. The predicted molar refractivity (Wildman–Crippen MR) is 120 cm³/mol. The van der Waals surface area contributed by atoms with Crippen molar-refractivity contribution in [3.63, 3.8) is 0 Å². The number of anilines is 1. The molecule has 3 aromatic rings. The molecule has 3 rings (SSSR count). The largest absolute Gasteiger partial charge is 0.455 e. The molecule has 5 nitrogen and oxygen atoms in total. The molecule has 0 aliphatic heterocycles. The molecular weight excluding hydrogens is 419 g/mol. The monoisotopic (exact) mass is 440 g/mol. The molecule has 31 heavy (non-hydrogen) atoms. The summed E-state index contributed by atoms with van der Waals surface area (Å²) in [5.74, 6) is -1.05. The molecule has 7 heteroatoms. The Morgan fingerprint density at radius 2 is 1.74 bits per heavy atom. The third-order valence-corrected chi connectivity index (χ3v) is 4.91. The first-order chi connectivity index (χ1) is 14.5. The van der Waals surface area contributed by atoms with Crippen LogP contribution in [0, 0.1) is 5.82 Å². The quantitative estimate of drug-likeness (QED) is 0.516. The second-order valence-corrected chi connectivity index (χ2v) is 8.44. The van der Waals surface area contributed by atoms with Crippen LogP contribution in [0.3, 0.4) is 0 Å². The van der Waals surface area contributed by atoms with E-state index in [0.29, 0.717) is 5.69 Å². The summed E-state index contributed by atoms with van der Waals surface area (Å²) < 4.78 is 19.3. The van der Waals surface area contributed by atoms with Gasteiger partial charge in [-0.15, -0.1) is 0 Å². The lowest BCUT2D eigenvalue weighted by atomic mass is 9.86. The van der Waals surface area contributed by atoms with Crippen LogP contribution in [-0.2, 0) is 5.41 Å². The molecule has 0 aliphatic carbocycles. The number of primary amides is 1. The van der Waals surface area contributed by atoms with Gasteiger partial charge in [0.1, 0.15) is 17.3 Å². The van der Waals surface area contributed by atoms with E-state index in [1.807, 2.05) is 26.8 Å². The lowest BCUT2D eigenvalue weighted by molar-refractivity contribution is 0.0995. The van der Waals surface area contributed by atoms with Gasteiger partial charge in [-0.05, 0) is 59.5 Å². The highest BCUT2D eigenvalue weighted by Gasteiger charge is 2.21. The molecule has 0 bridgehead atoms. The fraction of sp³-hybridized carbons (Fsp3) is 0.167. The minimum Gasteiger partial charge on any atom is -0.455 e. The highest BCUT2D eigenvalue weighted by molar-refractivity contribution is 6.32. The number of hydrogen-bond donors (Lipinski definition) is 2. The van der Waals surface area contributed by atoms with Crippen LogP contribution in [0.15, 0.2) is 60.7 Å². The van der Waals surface area contributed by atoms with E-state index < -0.39 is 17.6 Å². The molecule has 0 aliphatic rings. The summed E-state index contributed by atoms with van der Waals surface area (Å²) in [6.07, 6.45) is 0. The average molecular weight is 441 g/mol. The molecule has 0 radical (unpaired) electrons. The molecule has 3 N–H and O–H groups in total. The Kier molecular flexibility index (Phi) is 6.32. The summed E-state index contributed by atoms with van der Waals surface area (Å²) in [6.45, 7) is 6.10. The fourth-order valence-electron chi connectivity index (χ4n) is 2.89. The SMILES string of the molecule is CC(C)(C)c1ccc(C(=O)Nc2cccc(C(N)=O)c2)c(Oc2ccc(F)cc2Cl)c1. The Balaban J connectivity index is 1.99. The van der Waals surface area contributed by atoms with Gasteiger partial charge in [0.25, 0.3) is 5.91 Å².